The second-order valence-corrected chi connectivity index (χ2v) is 7.49. The number of amides is 1. The van der Waals surface area contributed by atoms with E-state index in [-0.39, 0.29) is 11.3 Å². The van der Waals surface area contributed by atoms with Crippen LogP contribution in [0.25, 0.3) is 0 Å². The van der Waals surface area contributed by atoms with Crippen molar-refractivity contribution in [3.63, 3.8) is 0 Å². The summed E-state index contributed by atoms with van der Waals surface area (Å²) in [5.74, 6) is 0.824. The minimum Gasteiger partial charge on any atom is -0.398 e. The van der Waals surface area contributed by atoms with Gasteiger partial charge >= 0.3 is 0 Å². The molecule has 1 amide bonds. The molecule has 1 saturated heterocycles. The lowest BCUT2D eigenvalue weighted by Crippen LogP contribution is -2.30. The van der Waals surface area contributed by atoms with Crippen molar-refractivity contribution in [2.75, 3.05) is 12.3 Å². The van der Waals surface area contributed by atoms with E-state index in [4.69, 9.17) is 17.3 Å². The van der Waals surface area contributed by atoms with Gasteiger partial charge in [-0.2, -0.15) is 0 Å². The quantitative estimate of drug-likeness (QED) is 0.836. The monoisotopic (exact) mass is 308 g/mol. The zero-order valence-electron chi connectivity index (χ0n) is 13.2. The van der Waals surface area contributed by atoms with E-state index >= 15 is 0 Å². The van der Waals surface area contributed by atoms with Crippen LogP contribution in [0.3, 0.4) is 0 Å². The fourth-order valence-electron chi connectivity index (χ4n) is 2.99. The van der Waals surface area contributed by atoms with Crippen molar-refractivity contribution in [2.24, 2.45) is 11.3 Å². The Morgan fingerprint density at radius 1 is 1.33 bits per heavy atom. The Hall–Kier alpha value is -1.22. The van der Waals surface area contributed by atoms with Crippen LogP contribution in [0.2, 0.25) is 5.02 Å². The number of carbonyl (C=O) groups is 1. The number of nitrogens with zero attached hydrogens (tertiary/aromatic N) is 1. The maximum Gasteiger partial charge on any atom is 0.222 e. The molecule has 0 aliphatic carbocycles. The Bertz CT molecular complexity index is 522. The van der Waals surface area contributed by atoms with Gasteiger partial charge in [0.1, 0.15) is 0 Å². The van der Waals surface area contributed by atoms with Crippen LogP contribution in [0.15, 0.2) is 18.2 Å². The van der Waals surface area contributed by atoms with Crippen LogP contribution >= 0.6 is 11.6 Å². The number of carbonyl (C=O) groups excluding carboxylic acids is 1. The van der Waals surface area contributed by atoms with Crippen molar-refractivity contribution >= 4 is 23.2 Å². The number of likely N-dealkylation sites (tertiary alicyclic amines) is 1. The lowest BCUT2D eigenvalue weighted by molar-refractivity contribution is -0.131. The highest BCUT2D eigenvalue weighted by atomic mass is 35.5. The molecule has 0 saturated carbocycles. The first-order chi connectivity index (χ1) is 9.77. The summed E-state index contributed by atoms with van der Waals surface area (Å²) in [6, 6.07) is 5.49. The molecule has 21 heavy (non-hydrogen) atoms. The molecule has 4 heteroatoms. The van der Waals surface area contributed by atoms with Gasteiger partial charge in [0, 0.05) is 30.2 Å². The first kappa shape index (κ1) is 16.2. The Morgan fingerprint density at radius 2 is 2.05 bits per heavy atom. The molecule has 3 nitrogen and oxygen atoms in total. The van der Waals surface area contributed by atoms with Crippen molar-refractivity contribution < 1.29 is 4.79 Å². The topological polar surface area (TPSA) is 46.3 Å². The molecule has 1 aliphatic heterocycles. The van der Waals surface area contributed by atoms with Crippen molar-refractivity contribution in [2.45, 2.75) is 46.6 Å². The molecule has 0 radical (unpaired) electrons. The molecule has 1 aromatic carbocycles. The molecule has 0 bridgehead atoms. The third kappa shape index (κ3) is 4.13. The highest BCUT2D eigenvalue weighted by Gasteiger charge is 2.30. The van der Waals surface area contributed by atoms with E-state index in [0.717, 1.165) is 24.9 Å². The lowest BCUT2D eigenvalue weighted by atomic mass is 9.77. The molecule has 1 unspecified atom stereocenters. The van der Waals surface area contributed by atoms with Gasteiger partial charge in [0.15, 0.2) is 0 Å². The van der Waals surface area contributed by atoms with Crippen molar-refractivity contribution in [1.82, 2.24) is 4.90 Å². The van der Waals surface area contributed by atoms with Crippen LogP contribution in [0, 0.1) is 11.3 Å². The number of rotatable bonds is 2. The smallest absolute Gasteiger partial charge is 0.222 e. The van der Waals surface area contributed by atoms with Gasteiger partial charge in [-0.05, 0) is 41.9 Å². The van der Waals surface area contributed by atoms with Gasteiger partial charge in [-0.25, -0.2) is 0 Å². The summed E-state index contributed by atoms with van der Waals surface area (Å²) in [4.78, 5) is 14.3. The Morgan fingerprint density at radius 3 is 2.67 bits per heavy atom. The molecule has 116 valence electrons. The minimum absolute atomic E-state index is 0.233. The third-order valence-corrected chi connectivity index (χ3v) is 4.74. The van der Waals surface area contributed by atoms with Gasteiger partial charge in [0.2, 0.25) is 5.91 Å². The van der Waals surface area contributed by atoms with Gasteiger partial charge < -0.3 is 10.6 Å². The number of anilines is 1. The van der Waals surface area contributed by atoms with Gasteiger partial charge in [-0.15, -0.1) is 0 Å². The summed E-state index contributed by atoms with van der Waals surface area (Å²) in [6.07, 6.45) is 2.67. The number of benzene rings is 1. The average Bonchev–Trinajstić information content (AvgIpc) is 2.55. The predicted molar refractivity (Wildman–Crippen MR) is 88.1 cm³/mol. The standard InChI is InChI=1S/C17H25ClN2O/c1-17(2,3)13-5-7-16(21)20(9-8-13)11-12-4-6-14(18)10-15(12)19/h4,6,10,13H,5,7-9,11,19H2,1-3H3. The maximum absolute atomic E-state index is 12.3. The number of hydrogen-bond acceptors (Lipinski definition) is 2. The summed E-state index contributed by atoms with van der Waals surface area (Å²) in [5, 5.41) is 0.631. The van der Waals surface area contributed by atoms with E-state index in [1.807, 2.05) is 17.0 Å². The molecule has 2 rings (SSSR count). The lowest BCUT2D eigenvalue weighted by Gasteiger charge is -2.29. The molecule has 1 atom stereocenters. The third-order valence-electron chi connectivity index (χ3n) is 4.50. The summed E-state index contributed by atoms with van der Waals surface area (Å²) >= 11 is 5.92. The summed E-state index contributed by atoms with van der Waals surface area (Å²) < 4.78 is 0. The van der Waals surface area contributed by atoms with Crippen LogP contribution in [0.4, 0.5) is 5.69 Å². The highest BCUT2D eigenvalue weighted by molar-refractivity contribution is 6.30. The van der Waals surface area contributed by atoms with E-state index in [1.165, 1.54) is 0 Å². The molecule has 1 heterocycles. The zero-order valence-corrected chi connectivity index (χ0v) is 13.9. The van der Waals surface area contributed by atoms with Gasteiger partial charge in [0.05, 0.1) is 0 Å². The summed E-state index contributed by atoms with van der Waals surface area (Å²) in [5.41, 5.74) is 7.89. The van der Waals surface area contributed by atoms with E-state index in [2.05, 4.69) is 20.8 Å². The molecule has 2 N–H and O–H groups in total. The molecule has 1 aliphatic rings. The van der Waals surface area contributed by atoms with E-state index < -0.39 is 0 Å². The van der Waals surface area contributed by atoms with E-state index in [1.54, 1.807) is 6.07 Å². The predicted octanol–water partition coefficient (Wildman–Crippen LogP) is 4.10. The van der Waals surface area contributed by atoms with Crippen LogP contribution in [-0.2, 0) is 11.3 Å². The summed E-state index contributed by atoms with van der Waals surface area (Å²) in [7, 11) is 0. The second kappa shape index (κ2) is 6.27. The molecule has 0 spiro atoms. The Balaban J connectivity index is 2.08. The Kier molecular flexibility index (Phi) is 4.82. The van der Waals surface area contributed by atoms with Gasteiger partial charge in [-0.3, -0.25) is 4.79 Å². The average molecular weight is 309 g/mol. The van der Waals surface area contributed by atoms with Crippen molar-refractivity contribution in [1.29, 1.82) is 0 Å². The van der Waals surface area contributed by atoms with Crippen LogP contribution in [0.1, 0.15) is 45.6 Å². The van der Waals surface area contributed by atoms with Crippen molar-refractivity contribution in [3.8, 4) is 0 Å². The van der Waals surface area contributed by atoms with Crippen LogP contribution < -0.4 is 5.73 Å². The Labute approximate surface area is 132 Å². The minimum atomic E-state index is 0.233. The first-order valence-corrected chi connectivity index (χ1v) is 7.97. The second-order valence-electron chi connectivity index (χ2n) is 7.05. The molecule has 0 aromatic heterocycles. The largest absolute Gasteiger partial charge is 0.398 e. The molecular formula is C17H25ClN2O. The highest BCUT2D eigenvalue weighted by Crippen LogP contribution is 2.35. The molecule has 1 fully saturated rings. The van der Waals surface area contributed by atoms with E-state index in [0.29, 0.717) is 29.6 Å². The van der Waals surface area contributed by atoms with Crippen molar-refractivity contribution in [3.05, 3.63) is 28.8 Å². The number of hydrogen-bond donors (Lipinski definition) is 1. The first-order valence-electron chi connectivity index (χ1n) is 7.59. The van der Waals surface area contributed by atoms with Gasteiger partial charge in [0.25, 0.3) is 0 Å². The fraction of sp³-hybridized carbons (Fsp3) is 0.588. The SMILES string of the molecule is CC(C)(C)C1CCC(=O)N(Cc2ccc(Cl)cc2N)CC1. The van der Waals surface area contributed by atoms with Crippen LogP contribution in [-0.4, -0.2) is 17.4 Å². The van der Waals surface area contributed by atoms with Gasteiger partial charge in [-0.1, -0.05) is 38.4 Å². The number of halogens is 1. The number of nitrogens with two attached hydrogens (primary N) is 1. The molecular weight excluding hydrogens is 284 g/mol. The van der Waals surface area contributed by atoms with Crippen LogP contribution in [0.5, 0.6) is 0 Å². The van der Waals surface area contributed by atoms with E-state index in [9.17, 15) is 4.79 Å². The number of nitrogen functional groups attached to an aromatic ring is 1. The molecule has 1 aromatic rings. The zero-order chi connectivity index (χ0) is 15.6. The maximum atomic E-state index is 12.3. The fourth-order valence-corrected chi connectivity index (χ4v) is 3.17. The normalized spacial score (nSPS) is 20.5. The summed E-state index contributed by atoms with van der Waals surface area (Å²) in [6.45, 7) is 8.17.